The lowest BCUT2D eigenvalue weighted by Crippen LogP contribution is -2.52. The van der Waals surface area contributed by atoms with Crippen LogP contribution in [0.5, 0.6) is 0 Å². The zero-order valence-corrected chi connectivity index (χ0v) is 18.8. The van der Waals surface area contributed by atoms with E-state index in [1.165, 1.54) is 16.3 Å². The molecule has 0 bridgehead atoms. The molecule has 5 nitrogen and oxygen atoms in total. The van der Waals surface area contributed by atoms with Gasteiger partial charge in [-0.15, -0.1) is 35.3 Å². The summed E-state index contributed by atoms with van der Waals surface area (Å²) >= 11 is 1.81. The topological polar surface area (TPSA) is 34.1 Å². The predicted molar refractivity (Wildman–Crippen MR) is 124 cm³/mol. The maximum atomic E-state index is 4.47. The van der Waals surface area contributed by atoms with Crippen LogP contribution >= 0.6 is 35.3 Å². The van der Waals surface area contributed by atoms with Gasteiger partial charge in [-0.25, -0.2) is 0 Å². The number of benzene rings is 1. The van der Waals surface area contributed by atoms with Gasteiger partial charge >= 0.3 is 0 Å². The maximum absolute atomic E-state index is 4.47. The van der Waals surface area contributed by atoms with Gasteiger partial charge in [0.15, 0.2) is 5.96 Å². The van der Waals surface area contributed by atoms with Crippen molar-refractivity contribution in [3.63, 3.8) is 0 Å². The van der Waals surface area contributed by atoms with Gasteiger partial charge in [0, 0.05) is 59.6 Å². The molecule has 0 saturated carbocycles. The molecule has 0 unspecified atom stereocenters. The number of hydrogen-bond acceptors (Lipinski definition) is 4. The molecular formula is C19H28IN5S. The van der Waals surface area contributed by atoms with Crippen LogP contribution in [0.1, 0.15) is 5.56 Å². The molecule has 1 saturated heterocycles. The van der Waals surface area contributed by atoms with E-state index in [0.717, 1.165) is 38.7 Å². The Kier molecular flexibility index (Phi) is 8.02. The van der Waals surface area contributed by atoms with E-state index >= 15 is 0 Å². The second-order valence-electron chi connectivity index (χ2n) is 6.39. The lowest BCUT2D eigenvalue weighted by molar-refractivity contribution is 0.373. The Balaban J connectivity index is 0.00000243. The van der Waals surface area contributed by atoms with Crippen LogP contribution in [0, 0.1) is 0 Å². The van der Waals surface area contributed by atoms with Crippen LogP contribution in [0.25, 0.3) is 0 Å². The van der Waals surface area contributed by atoms with Crippen molar-refractivity contribution >= 4 is 52.0 Å². The second kappa shape index (κ2) is 10.0. The third kappa shape index (κ3) is 5.26. The number of thiophene rings is 1. The summed E-state index contributed by atoms with van der Waals surface area (Å²) in [6.45, 7) is 4.87. The normalized spacial score (nSPS) is 14.8. The standard InChI is InChI=1S/C19H27N5S.HI/c1-20-19(21-15-16-6-8-17(9-7-16)22(2)3)24-12-10-23(11-13-24)18-5-4-14-25-18;/h4-9,14H,10-13,15H2,1-3H3,(H,20,21);1H. The van der Waals surface area contributed by atoms with Crippen LogP contribution in [-0.2, 0) is 6.54 Å². The lowest BCUT2D eigenvalue weighted by atomic mass is 10.2. The summed E-state index contributed by atoms with van der Waals surface area (Å²) in [7, 11) is 5.99. The van der Waals surface area contributed by atoms with Gasteiger partial charge in [-0.2, -0.15) is 0 Å². The third-order valence-corrected chi connectivity index (χ3v) is 5.44. The largest absolute Gasteiger partial charge is 0.378 e. The Bertz CT molecular complexity index is 676. The predicted octanol–water partition coefficient (Wildman–Crippen LogP) is 3.33. The molecule has 2 aromatic rings. The monoisotopic (exact) mass is 485 g/mol. The van der Waals surface area contributed by atoms with Gasteiger partial charge in [-0.3, -0.25) is 4.99 Å². The van der Waals surface area contributed by atoms with Crippen LogP contribution in [0.3, 0.4) is 0 Å². The van der Waals surface area contributed by atoms with E-state index in [2.05, 4.69) is 80.9 Å². The lowest BCUT2D eigenvalue weighted by Gasteiger charge is -2.37. The first-order valence-corrected chi connectivity index (χ1v) is 9.55. The molecule has 0 aliphatic carbocycles. The number of nitrogens with zero attached hydrogens (tertiary/aromatic N) is 4. The summed E-state index contributed by atoms with van der Waals surface area (Å²) in [6.07, 6.45) is 0. The van der Waals surface area contributed by atoms with E-state index in [1.807, 2.05) is 18.4 Å². The molecule has 7 heteroatoms. The molecule has 0 radical (unpaired) electrons. The Labute approximate surface area is 177 Å². The average Bonchev–Trinajstić information content (AvgIpc) is 3.18. The molecule has 1 fully saturated rings. The number of rotatable bonds is 4. The van der Waals surface area contributed by atoms with Crippen molar-refractivity contribution < 1.29 is 0 Å². The fourth-order valence-corrected chi connectivity index (χ4v) is 3.80. The molecular weight excluding hydrogens is 457 g/mol. The minimum atomic E-state index is 0. The SMILES string of the molecule is CN=C(NCc1ccc(N(C)C)cc1)N1CCN(c2cccs2)CC1.I. The Hall–Kier alpha value is -1.48. The van der Waals surface area contributed by atoms with Gasteiger partial charge in [-0.1, -0.05) is 12.1 Å². The summed E-state index contributed by atoms with van der Waals surface area (Å²) < 4.78 is 0. The highest BCUT2D eigenvalue weighted by atomic mass is 127. The highest BCUT2D eigenvalue weighted by Gasteiger charge is 2.20. The van der Waals surface area contributed by atoms with Gasteiger partial charge < -0.3 is 20.0 Å². The van der Waals surface area contributed by atoms with E-state index in [0.29, 0.717) is 0 Å². The van der Waals surface area contributed by atoms with Gasteiger partial charge in [0.25, 0.3) is 0 Å². The quantitative estimate of drug-likeness (QED) is 0.410. The molecule has 2 heterocycles. The Morgan fingerprint density at radius 1 is 1.12 bits per heavy atom. The zero-order chi connectivity index (χ0) is 17.6. The number of halogens is 1. The summed E-state index contributed by atoms with van der Waals surface area (Å²) in [4.78, 5) is 11.4. The number of guanidine groups is 1. The number of anilines is 2. The molecule has 1 aromatic heterocycles. The van der Waals surface area contributed by atoms with Crippen molar-refractivity contribution in [1.29, 1.82) is 0 Å². The van der Waals surface area contributed by atoms with Crippen molar-refractivity contribution in [2.75, 3.05) is 57.1 Å². The minimum Gasteiger partial charge on any atom is -0.378 e. The molecule has 142 valence electrons. The number of aliphatic imine (C=N–C) groups is 1. The first-order chi connectivity index (χ1) is 12.2. The maximum Gasteiger partial charge on any atom is 0.194 e. The Morgan fingerprint density at radius 2 is 1.81 bits per heavy atom. The van der Waals surface area contributed by atoms with Crippen molar-refractivity contribution in [3.05, 3.63) is 47.3 Å². The van der Waals surface area contributed by atoms with Crippen molar-refractivity contribution in [2.45, 2.75) is 6.54 Å². The van der Waals surface area contributed by atoms with E-state index < -0.39 is 0 Å². The molecule has 1 N–H and O–H groups in total. The highest BCUT2D eigenvalue weighted by molar-refractivity contribution is 14.0. The summed E-state index contributed by atoms with van der Waals surface area (Å²) in [5.41, 5.74) is 2.49. The van der Waals surface area contributed by atoms with E-state index in [-0.39, 0.29) is 24.0 Å². The summed E-state index contributed by atoms with van der Waals surface area (Å²) in [5.74, 6) is 0.988. The summed E-state index contributed by atoms with van der Waals surface area (Å²) in [5, 5.41) is 7.01. The van der Waals surface area contributed by atoms with Gasteiger partial charge in [0.2, 0.25) is 0 Å². The van der Waals surface area contributed by atoms with Crippen LogP contribution in [0.4, 0.5) is 10.7 Å². The van der Waals surface area contributed by atoms with E-state index in [9.17, 15) is 0 Å². The van der Waals surface area contributed by atoms with E-state index in [4.69, 9.17) is 0 Å². The second-order valence-corrected chi connectivity index (χ2v) is 7.31. The van der Waals surface area contributed by atoms with Crippen molar-refractivity contribution in [2.24, 2.45) is 4.99 Å². The van der Waals surface area contributed by atoms with Crippen LogP contribution in [0.15, 0.2) is 46.8 Å². The Morgan fingerprint density at radius 3 is 2.35 bits per heavy atom. The molecule has 0 spiro atoms. The molecule has 26 heavy (non-hydrogen) atoms. The molecule has 1 aliphatic heterocycles. The van der Waals surface area contributed by atoms with Crippen LogP contribution in [-0.4, -0.2) is 58.2 Å². The van der Waals surface area contributed by atoms with Crippen LogP contribution in [0.2, 0.25) is 0 Å². The average molecular weight is 485 g/mol. The zero-order valence-electron chi connectivity index (χ0n) is 15.7. The first-order valence-electron chi connectivity index (χ1n) is 8.67. The van der Waals surface area contributed by atoms with Crippen LogP contribution < -0.4 is 15.1 Å². The molecule has 0 atom stereocenters. The highest BCUT2D eigenvalue weighted by Crippen LogP contribution is 2.22. The van der Waals surface area contributed by atoms with Crippen molar-refractivity contribution in [3.8, 4) is 0 Å². The first kappa shape index (κ1) is 20.8. The van der Waals surface area contributed by atoms with Gasteiger partial charge in [-0.05, 0) is 35.2 Å². The number of piperazine rings is 1. The molecule has 1 aliphatic rings. The molecule has 0 amide bonds. The summed E-state index contributed by atoms with van der Waals surface area (Å²) in [6, 6.07) is 13.0. The molecule has 1 aromatic carbocycles. The third-order valence-electron chi connectivity index (χ3n) is 4.51. The number of hydrogen-bond donors (Lipinski definition) is 1. The number of nitrogens with one attached hydrogen (secondary N) is 1. The molecule has 3 rings (SSSR count). The van der Waals surface area contributed by atoms with Gasteiger partial charge in [0.1, 0.15) is 0 Å². The van der Waals surface area contributed by atoms with E-state index in [1.54, 1.807) is 0 Å². The smallest absolute Gasteiger partial charge is 0.194 e. The van der Waals surface area contributed by atoms with Gasteiger partial charge in [0.05, 0.1) is 5.00 Å². The van der Waals surface area contributed by atoms with Crippen molar-refractivity contribution in [1.82, 2.24) is 10.2 Å². The fraction of sp³-hybridized carbons (Fsp3) is 0.421. The fourth-order valence-electron chi connectivity index (χ4n) is 3.01. The minimum absolute atomic E-state index is 0.